The van der Waals surface area contributed by atoms with Crippen molar-refractivity contribution in [2.45, 2.75) is 65.1 Å². The number of fused-ring (bicyclic) bond motifs is 2. The van der Waals surface area contributed by atoms with Crippen LogP contribution in [-0.4, -0.2) is 11.7 Å². The highest BCUT2D eigenvalue weighted by molar-refractivity contribution is 5.27. The van der Waals surface area contributed by atoms with Crippen LogP contribution in [0.25, 0.3) is 0 Å². The van der Waals surface area contributed by atoms with Crippen molar-refractivity contribution in [1.82, 2.24) is 0 Å². The van der Waals surface area contributed by atoms with Crippen LogP contribution in [-0.2, 0) is 4.74 Å². The number of ether oxygens (including phenoxy) is 1. The van der Waals surface area contributed by atoms with Gasteiger partial charge in [-0.15, -0.1) is 0 Å². The number of epoxide rings is 1. The molecular formula is C15H24O. The average Bonchev–Trinajstić information content (AvgIpc) is 2.76. The van der Waals surface area contributed by atoms with Gasteiger partial charge in [0.15, 0.2) is 0 Å². The van der Waals surface area contributed by atoms with Gasteiger partial charge in [-0.3, -0.25) is 0 Å². The fraction of sp³-hybridized carbons (Fsp3) is 1.00. The summed E-state index contributed by atoms with van der Waals surface area (Å²) in [6.45, 7) is 9.86. The van der Waals surface area contributed by atoms with Gasteiger partial charge >= 0.3 is 0 Å². The van der Waals surface area contributed by atoms with E-state index < -0.39 is 0 Å². The van der Waals surface area contributed by atoms with Crippen molar-refractivity contribution in [3.05, 3.63) is 0 Å². The van der Waals surface area contributed by atoms with Gasteiger partial charge in [0.1, 0.15) is 0 Å². The minimum atomic E-state index is 0.278. The minimum Gasteiger partial charge on any atom is -0.366 e. The molecule has 0 bridgehead atoms. The molecule has 1 heterocycles. The molecule has 3 aliphatic carbocycles. The molecule has 0 radical (unpaired) electrons. The Morgan fingerprint density at radius 2 is 1.81 bits per heavy atom. The van der Waals surface area contributed by atoms with E-state index in [4.69, 9.17) is 4.74 Å². The van der Waals surface area contributed by atoms with Crippen molar-refractivity contribution in [1.29, 1.82) is 0 Å². The van der Waals surface area contributed by atoms with E-state index in [2.05, 4.69) is 27.7 Å². The van der Waals surface area contributed by atoms with Crippen LogP contribution in [0, 0.1) is 28.6 Å². The SMILES string of the molecule is CC1CCC2C(C)(C)C3C4OC4(C)CCC123. The third kappa shape index (κ3) is 0.776. The summed E-state index contributed by atoms with van der Waals surface area (Å²) in [6.07, 6.45) is 6.32. The zero-order valence-corrected chi connectivity index (χ0v) is 11.0. The van der Waals surface area contributed by atoms with E-state index in [1.54, 1.807) is 0 Å². The van der Waals surface area contributed by atoms with Gasteiger partial charge in [0.05, 0.1) is 11.7 Å². The normalized spacial score (nSPS) is 65.2. The molecule has 0 N–H and O–H groups in total. The van der Waals surface area contributed by atoms with E-state index in [0.29, 0.717) is 16.9 Å². The summed E-state index contributed by atoms with van der Waals surface area (Å²) in [5.74, 6) is 2.80. The molecule has 1 nitrogen and oxygen atoms in total. The Morgan fingerprint density at radius 1 is 1.06 bits per heavy atom. The van der Waals surface area contributed by atoms with E-state index >= 15 is 0 Å². The molecule has 6 unspecified atom stereocenters. The summed E-state index contributed by atoms with van der Waals surface area (Å²) in [7, 11) is 0. The molecular weight excluding hydrogens is 196 g/mol. The Labute approximate surface area is 98.9 Å². The van der Waals surface area contributed by atoms with Gasteiger partial charge in [0, 0.05) is 0 Å². The lowest BCUT2D eigenvalue weighted by molar-refractivity contribution is -0.203. The van der Waals surface area contributed by atoms with Crippen LogP contribution in [0.1, 0.15) is 53.4 Å². The molecule has 1 saturated heterocycles. The molecule has 0 aromatic heterocycles. The first-order valence-corrected chi connectivity index (χ1v) is 7.11. The highest BCUT2D eigenvalue weighted by atomic mass is 16.6. The molecule has 4 rings (SSSR count). The van der Waals surface area contributed by atoms with Gasteiger partial charge in [-0.25, -0.2) is 0 Å². The number of hydrogen-bond acceptors (Lipinski definition) is 1. The largest absolute Gasteiger partial charge is 0.366 e. The molecule has 1 aliphatic heterocycles. The van der Waals surface area contributed by atoms with E-state index in [0.717, 1.165) is 17.8 Å². The number of rotatable bonds is 0. The van der Waals surface area contributed by atoms with Crippen molar-refractivity contribution >= 4 is 0 Å². The predicted octanol–water partition coefficient (Wildman–Crippen LogP) is 3.63. The molecule has 4 fully saturated rings. The molecule has 0 aromatic rings. The molecule has 16 heavy (non-hydrogen) atoms. The third-order valence-corrected chi connectivity index (χ3v) is 7.03. The summed E-state index contributed by atoms with van der Waals surface area (Å²) in [6, 6.07) is 0. The van der Waals surface area contributed by atoms with Crippen molar-refractivity contribution in [3.8, 4) is 0 Å². The standard InChI is InChI=1S/C15H24O/c1-9-5-6-10-13(2,3)11-12-14(4,16-12)7-8-15(9,10)11/h9-12H,5-8H2,1-4H3. The van der Waals surface area contributed by atoms with Gasteiger partial charge in [-0.1, -0.05) is 20.8 Å². The Hall–Kier alpha value is -0.0400. The van der Waals surface area contributed by atoms with E-state index in [-0.39, 0.29) is 5.60 Å². The average molecular weight is 220 g/mol. The molecule has 3 saturated carbocycles. The van der Waals surface area contributed by atoms with Gasteiger partial charge in [0.2, 0.25) is 0 Å². The lowest BCUT2D eigenvalue weighted by Crippen LogP contribution is -2.66. The zero-order valence-electron chi connectivity index (χ0n) is 11.0. The highest BCUT2D eigenvalue weighted by Crippen LogP contribution is 2.80. The van der Waals surface area contributed by atoms with Crippen LogP contribution in [0.2, 0.25) is 0 Å². The second-order valence-corrected chi connectivity index (χ2v) is 7.79. The molecule has 90 valence electrons. The Kier molecular flexibility index (Phi) is 1.48. The molecule has 0 amide bonds. The summed E-state index contributed by atoms with van der Waals surface area (Å²) in [5.41, 5.74) is 1.51. The zero-order chi connectivity index (χ0) is 11.3. The van der Waals surface area contributed by atoms with Crippen LogP contribution >= 0.6 is 0 Å². The summed E-state index contributed by atoms with van der Waals surface area (Å²) in [4.78, 5) is 0. The van der Waals surface area contributed by atoms with Crippen LogP contribution in [0.3, 0.4) is 0 Å². The van der Waals surface area contributed by atoms with Crippen LogP contribution in [0.4, 0.5) is 0 Å². The lowest BCUT2D eigenvalue weighted by atomic mass is 9.35. The Morgan fingerprint density at radius 3 is 2.56 bits per heavy atom. The fourth-order valence-corrected chi connectivity index (χ4v) is 6.29. The van der Waals surface area contributed by atoms with Gasteiger partial charge < -0.3 is 4.74 Å². The first kappa shape index (κ1) is 9.94. The van der Waals surface area contributed by atoms with Crippen molar-refractivity contribution in [2.75, 3.05) is 0 Å². The molecule has 6 atom stereocenters. The van der Waals surface area contributed by atoms with Crippen LogP contribution in [0.15, 0.2) is 0 Å². The quantitative estimate of drug-likeness (QED) is 0.568. The maximum atomic E-state index is 6.09. The smallest absolute Gasteiger partial charge is 0.0924 e. The highest BCUT2D eigenvalue weighted by Gasteiger charge is 2.79. The van der Waals surface area contributed by atoms with Gasteiger partial charge in [-0.2, -0.15) is 0 Å². The minimum absolute atomic E-state index is 0.278. The van der Waals surface area contributed by atoms with Crippen molar-refractivity contribution in [2.24, 2.45) is 28.6 Å². The first-order valence-electron chi connectivity index (χ1n) is 7.11. The molecule has 1 spiro atoms. The maximum Gasteiger partial charge on any atom is 0.0924 e. The van der Waals surface area contributed by atoms with E-state index in [9.17, 15) is 0 Å². The Bertz CT molecular complexity index is 360. The van der Waals surface area contributed by atoms with Crippen LogP contribution in [0.5, 0.6) is 0 Å². The van der Waals surface area contributed by atoms with Crippen molar-refractivity contribution in [3.63, 3.8) is 0 Å². The van der Waals surface area contributed by atoms with E-state index in [1.165, 1.54) is 25.7 Å². The fourth-order valence-electron chi connectivity index (χ4n) is 6.29. The second-order valence-electron chi connectivity index (χ2n) is 7.79. The topological polar surface area (TPSA) is 12.5 Å². The Balaban J connectivity index is 1.79. The summed E-state index contributed by atoms with van der Waals surface area (Å²) < 4.78 is 6.09. The van der Waals surface area contributed by atoms with Gasteiger partial charge in [0.25, 0.3) is 0 Å². The van der Waals surface area contributed by atoms with E-state index in [1.807, 2.05) is 0 Å². The first-order chi connectivity index (χ1) is 7.43. The molecule has 4 aliphatic rings. The summed E-state index contributed by atoms with van der Waals surface area (Å²) in [5, 5.41) is 0. The maximum absolute atomic E-state index is 6.09. The van der Waals surface area contributed by atoms with Crippen molar-refractivity contribution < 1.29 is 4.74 Å². The molecule has 0 aromatic carbocycles. The second kappa shape index (κ2) is 2.39. The predicted molar refractivity (Wildman–Crippen MR) is 64.1 cm³/mol. The summed E-state index contributed by atoms with van der Waals surface area (Å²) >= 11 is 0. The van der Waals surface area contributed by atoms with Gasteiger partial charge in [-0.05, 0) is 61.2 Å². The van der Waals surface area contributed by atoms with Crippen LogP contribution < -0.4 is 0 Å². The monoisotopic (exact) mass is 220 g/mol. The number of hydrogen-bond donors (Lipinski definition) is 0. The lowest BCUT2D eigenvalue weighted by Gasteiger charge is -2.68. The third-order valence-electron chi connectivity index (χ3n) is 7.03. The molecule has 1 heteroatoms.